The molecule has 0 amide bonds. The normalized spacial score (nSPS) is 11.8. The summed E-state index contributed by atoms with van der Waals surface area (Å²) in [4.78, 5) is 3.94. The number of hydrogen-bond donors (Lipinski definition) is 2. The van der Waals surface area contributed by atoms with E-state index >= 15 is 0 Å². The molecule has 0 spiro atoms. The van der Waals surface area contributed by atoms with Crippen LogP contribution < -0.4 is 11.3 Å². The molecule has 12 heavy (non-hydrogen) atoms. The quantitative estimate of drug-likeness (QED) is 0.269. The van der Waals surface area contributed by atoms with E-state index < -0.39 is 0 Å². The Labute approximate surface area is 71.3 Å². The standard InChI is InChI=1S/C7H13N5/c1-9-7(10-8)5-6-3-4-12(2)11-6/h3-4H,5,8H2,1-2H3,(H,9,10). The summed E-state index contributed by atoms with van der Waals surface area (Å²) < 4.78 is 1.75. The number of hydrazine groups is 1. The molecule has 0 radical (unpaired) electrons. The van der Waals surface area contributed by atoms with Crippen LogP contribution >= 0.6 is 0 Å². The molecule has 5 heteroatoms. The molecule has 0 fully saturated rings. The van der Waals surface area contributed by atoms with Crippen LogP contribution in [0.2, 0.25) is 0 Å². The van der Waals surface area contributed by atoms with Gasteiger partial charge in [-0.05, 0) is 6.07 Å². The summed E-state index contributed by atoms with van der Waals surface area (Å²) in [5, 5.41) is 4.19. The molecule has 0 bridgehead atoms. The fourth-order valence-electron chi connectivity index (χ4n) is 0.924. The van der Waals surface area contributed by atoms with Crippen molar-refractivity contribution in [2.45, 2.75) is 6.42 Å². The maximum absolute atomic E-state index is 5.22. The van der Waals surface area contributed by atoms with E-state index in [1.807, 2.05) is 19.3 Å². The van der Waals surface area contributed by atoms with E-state index in [1.54, 1.807) is 11.7 Å². The van der Waals surface area contributed by atoms with Gasteiger partial charge in [0.05, 0.1) is 12.1 Å². The van der Waals surface area contributed by atoms with Crippen LogP contribution in [-0.4, -0.2) is 22.7 Å². The molecule has 1 aromatic rings. The highest BCUT2D eigenvalue weighted by Gasteiger charge is 2.00. The molecule has 66 valence electrons. The number of rotatable bonds is 2. The second kappa shape index (κ2) is 3.87. The van der Waals surface area contributed by atoms with Crippen LogP contribution in [0.15, 0.2) is 17.3 Å². The van der Waals surface area contributed by atoms with Gasteiger partial charge in [0.2, 0.25) is 0 Å². The summed E-state index contributed by atoms with van der Waals surface area (Å²) in [7, 11) is 3.57. The van der Waals surface area contributed by atoms with Gasteiger partial charge >= 0.3 is 0 Å². The average Bonchev–Trinajstić information content (AvgIpc) is 2.47. The molecule has 0 aliphatic heterocycles. The highest BCUT2D eigenvalue weighted by atomic mass is 15.3. The topological polar surface area (TPSA) is 68.2 Å². The molecular formula is C7H13N5. The van der Waals surface area contributed by atoms with Gasteiger partial charge in [-0.15, -0.1) is 0 Å². The van der Waals surface area contributed by atoms with Gasteiger partial charge in [0.1, 0.15) is 5.84 Å². The number of aromatic nitrogens is 2. The summed E-state index contributed by atoms with van der Waals surface area (Å²) in [5.74, 6) is 5.95. The number of aliphatic imine (C=N–C) groups is 1. The first-order valence-electron chi connectivity index (χ1n) is 3.67. The fraction of sp³-hybridized carbons (Fsp3) is 0.429. The zero-order valence-electron chi connectivity index (χ0n) is 7.28. The third kappa shape index (κ3) is 2.06. The molecule has 0 aromatic carbocycles. The van der Waals surface area contributed by atoms with E-state index in [9.17, 15) is 0 Å². The number of amidine groups is 1. The van der Waals surface area contributed by atoms with Gasteiger partial charge < -0.3 is 5.43 Å². The van der Waals surface area contributed by atoms with Gasteiger partial charge in [0, 0.05) is 20.3 Å². The summed E-state index contributed by atoms with van der Waals surface area (Å²) >= 11 is 0. The van der Waals surface area contributed by atoms with E-state index in [2.05, 4.69) is 15.5 Å². The van der Waals surface area contributed by atoms with Crippen LogP contribution in [0.4, 0.5) is 0 Å². The molecule has 0 saturated heterocycles. The first-order valence-corrected chi connectivity index (χ1v) is 3.67. The Kier molecular flexibility index (Phi) is 2.82. The predicted molar refractivity (Wildman–Crippen MR) is 47.6 cm³/mol. The Bertz CT molecular complexity index is 275. The lowest BCUT2D eigenvalue weighted by Crippen LogP contribution is -2.31. The highest BCUT2D eigenvalue weighted by molar-refractivity contribution is 5.83. The SMILES string of the molecule is CN=C(Cc1ccn(C)n1)NN. The maximum Gasteiger partial charge on any atom is 0.116 e. The second-order valence-corrected chi connectivity index (χ2v) is 2.47. The number of nitrogens with two attached hydrogens (primary N) is 1. The third-order valence-electron chi connectivity index (χ3n) is 1.55. The summed E-state index contributed by atoms with van der Waals surface area (Å²) in [6.45, 7) is 0. The Morgan fingerprint density at radius 3 is 3.00 bits per heavy atom. The van der Waals surface area contributed by atoms with E-state index in [4.69, 9.17) is 5.84 Å². The number of aryl methyl sites for hydroxylation is 1. The van der Waals surface area contributed by atoms with Gasteiger partial charge in [-0.2, -0.15) is 5.10 Å². The highest BCUT2D eigenvalue weighted by Crippen LogP contribution is 1.95. The number of hydrogen-bond acceptors (Lipinski definition) is 3. The Hall–Kier alpha value is -1.36. The minimum Gasteiger partial charge on any atom is -0.312 e. The van der Waals surface area contributed by atoms with E-state index in [1.165, 1.54) is 0 Å². The minimum atomic E-state index is 0.647. The van der Waals surface area contributed by atoms with Crippen LogP contribution in [0.3, 0.4) is 0 Å². The molecule has 0 aliphatic rings. The lowest BCUT2D eigenvalue weighted by molar-refractivity contribution is 0.751. The van der Waals surface area contributed by atoms with Gasteiger partial charge in [-0.25, -0.2) is 5.84 Å². The molecule has 3 N–H and O–H groups in total. The summed E-state index contributed by atoms with van der Waals surface area (Å²) in [5.41, 5.74) is 3.46. The van der Waals surface area contributed by atoms with Crippen molar-refractivity contribution >= 4 is 5.84 Å². The van der Waals surface area contributed by atoms with Crippen molar-refractivity contribution in [3.05, 3.63) is 18.0 Å². The van der Waals surface area contributed by atoms with Crippen LogP contribution in [0, 0.1) is 0 Å². The molecule has 5 nitrogen and oxygen atoms in total. The van der Waals surface area contributed by atoms with Crippen molar-refractivity contribution < 1.29 is 0 Å². The third-order valence-corrected chi connectivity index (χ3v) is 1.55. The summed E-state index contributed by atoms with van der Waals surface area (Å²) in [6.07, 6.45) is 2.53. The first-order chi connectivity index (χ1) is 5.76. The molecule has 1 aromatic heterocycles. The van der Waals surface area contributed by atoms with Crippen molar-refractivity contribution in [2.75, 3.05) is 7.05 Å². The van der Waals surface area contributed by atoms with Gasteiger partial charge in [0.25, 0.3) is 0 Å². The molecule has 0 saturated carbocycles. The fourth-order valence-corrected chi connectivity index (χ4v) is 0.924. The molecule has 1 rings (SSSR count). The van der Waals surface area contributed by atoms with Crippen molar-refractivity contribution in [2.24, 2.45) is 17.9 Å². The summed E-state index contributed by atoms with van der Waals surface area (Å²) in [6, 6.07) is 1.93. The van der Waals surface area contributed by atoms with E-state index in [-0.39, 0.29) is 0 Å². The Morgan fingerprint density at radius 1 is 1.83 bits per heavy atom. The Balaban J connectivity index is 2.63. The molecule has 0 atom stereocenters. The first kappa shape index (κ1) is 8.73. The Morgan fingerprint density at radius 2 is 2.58 bits per heavy atom. The molecule has 0 aliphatic carbocycles. The van der Waals surface area contributed by atoms with Crippen LogP contribution in [-0.2, 0) is 13.5 Å². The predicted octanol–water partition coefficient (Wildman–Crippen LogP) is -0.546. The second-order valence-electron chi connectivity index (χ2n) is 2.47. The monoisotopic (exact) mass is 167 g/mol. The van der Waals surface area contributed by atoms with Crippen molar-refractivity contribution in [3.63, 3.8) is 0 Å². The van der Waals surface area contributed by atoms with Gasteiger partial charge in [-0.3, -0.25) is 9.67 Å². The van der Waals surface area contributed by atoms with E-state index in [0.717, 1.165) is 11.5 Å². The zero-order valence-corrected chi connectivity index (χ0v) is 7.28. The van der Waals surface area contributed by atoms with Crippen molar-refractivity contribution in [3.8, 4) is 0 Å². The van der Waals surface area contributed by atoms with E-state index in [0.29, 0.717) is 6.42 Å². The largest absolute Gasteiger partial charge is 0.312 e. The minimum absolute atomic E-state index is 0.647. The average molecular weight is 167 g/mol. The zero-order chi connectivity index (χ0) is 8.97. The molecule has 1 heterocycles. The lowest BCUT2D eigenvalue weighted by atomic mass is 10.3. The van der Waals surface area contributed by atoms with Gasteiger partial charge in [-0.1, -0.05) is 0 Å². The lowest BCUT2D eigenvalue weighted by Gasteiger charge is -2.00. The molecular weight excluding hydrogens is 154 g/mol. The smallest absolute Gasteiger partial charge is 0.116 e. The number of nitrogens with zero attached hydrogens (tertiary/aromatic N) is 3. The van der Waals surface area contributed by atoms with Crippen molar-refractivity contribution in [1.82, 2.24) is 15.2 Å². The number of nitrogens with one attached hydrogen (secondary N) is 1. The van der Waals surface area contributed by atoms with Crippen LogP contribution in [0.5, 0.6) is 0 Å². The van der Waals surface area contributed by atoms with Gasteiger partial charge in [0.15, 0.2) is 0 Å². The van der Waals surface area contributed by atoms with Crippen molar-refractivity contribution in [1.29, 1.82) is 0 Å². The maximum atomic E-state index is 5.22. The van der Waals surface area contributed by atoms with Crippen LogP contribution in [0.1, 0.15) is 5.69 Å². The molecule has 0 unspecified atom stereocenters. The van der Waals surface area contributed by atoms with Crippen LogP contribution in [0.25, 0.3) is 0 Å².